The normalized spacial score (nSPS) is 12.5. The standard InChI is InChI=1S/C25H24O10/c1-13(30-4)24(28)33-14(2)25(29)35-22-11-20-18(10-21(22)31-5)23(27)19(12-32-20)16-6-8-17(9-7-16)34-15(3)26/h6-14H,1-5H3/t13-,14+/m1/s1. The largest absolute Gasteiger partial charge is 0.493 e. The van der Waals surface area contributed by atoms with E-state index in [0.29, 0.717) is 11.3 Å². The number of hydrogen-bond donors (Lipinski definition) is 0. The van der Waals surface area contributed by atoms with Gasteiger partial charge in [0.05, 0.1) is 18.1 Å². The molecular formula is C25H24O10. The fraction of sp³-hybridized carbons (Fsp3) is 0.280. The van der Waals surface area contributed by atoms with E-state index >= 15 is 0 Å². The number of benzene rings is 2. The molecule has 0 aliphatic heterocycles. The van der Waals surface area contributed by atoms with Gasteiger partial charge in [-0.05, 0) is 37.6 Å². The highest BCUT2D eigenvalue weighted by Crippen LogP contribution is 2.33. The third-order valence-electron chi connectivity index (χ3n) is 5.01. The van der Waals surface area contributed by atoms with E-state index in [0.717, 1.165) is 0 Å². The van der Waals surface area contributed by atoms with E-state index in [-0.39, 0.29) is 33.5 Å². The maximum Gasteiger partial charge on any atom is 0.352 e. The smallest absolute Gasteiger partial charge is 0.352 e. The molecule has 3 rings (SSSR count). The summed E-state index contributed by atoms with van der Waals surface area (Å²) in [4.78, 5) is 48.5. The summed E-state index contributed by atoms with van der Waals surface area (Å²) in [5.74, 6) is -1.61. The molecule has 0 bridgehead atoms. The number of fused-ring (bicyclic) bond motifs is 1. The molecule has 0 fully saturated rings. The van der Waals surface area contributed by atoms with E-state index in [1.807, 2.05) is 0 Å². The molecule has 0 amide bonds. The van der Waals surface area contributed by atoms with Crippen molar-refractivity contribution in [2.24, 2.45) is 0 Å². The molecule has 35 heavy (non-hydrogen) atoms. The minimum absolute atomic E-state index is 0.0191. The molecule has 0 saturated heterocycles. The predicted octanol–water partition coefficient (Wildman–Crippen LogP) is 3.27. The lowest BCUT2D eigenvalue weighted by atomic mass is 10.1. The van der Waals surface area contributed by atoms with Crippen molar-refractivity contribution in [3.63, 3.8) is 0 Å². The number of carbonyl (C=O) groups is 3. The van der Waals surface area contributed by atoms with Gasteiger partial charge in [0.25, 0.3) is 0 Å². The minimum Gasteiger partial charge on any atom is -0.493 e. The van der Waals surface area contributed by atoms with Crippen molar-refractivity contribution in [3.8, 4) is 28.4 Å². The van der Waals surface area contributed by atoms with Gasteiger partial charge in [0.15, 0.2) is 23.7 Å². The maximum absolute atomic E-state index is 13.1. The second-order valence-electron chi connectivity index (χ2n) is 7.47. The number of carbonyl (C=O) groups excluding carboxylic acids is 3. The van der Waals surface area contributed by atoms with Crippen LogP contribution in [0.5, 0.6) is 17.2 Å². The molecule has 3 aromatic rings. The molecule has 184 valence electrons. The van der Waals surface area contributed by atoms with Crippen molar-refractivity contribution in [1.82, 2.24) is 0 Å². The summed E-state index contributed by atoms with van der Waals surface area (Å²) in [5, 5.41) is 0.191. The highest BCUT2D eigenvalue weighted by atomic mass is 16.6. The molecule has 2 aromatic carbocycles. The summed E-state index contributed by atoms with van der Waals surface area (Å²) in [6, 6.07) is 9.10. The first-order chi connectivity index (χ1) is 16.6. The van der Waals surface area contributed by atoms with Crippen LogP contribution in [0.25, 0.3) is 22.1 Å². The maximum atomic E-state index is 13.1. The molecule has 0 radical (unpaired) electrons. The Labute approximate surface area is 200 Å². The van der Waals surface area contributed by atoms with Gasteiger partial charge in [-0.15, -0.1) is 0 Å². The van der Waals surface area contributed by atoms with E-state index in [4.69, 9.17) is 28.1 Å². The Morgan fingerprint density at radius 2 is 1.57 bits per heavy atom. The van der Waals surface area contributed by atoms with Crippen LogP contribution in [0.4, 0.5) is 0 Å². The van der Waals surface area contributed by atoms with Crippen molar-refractivity contribution in [2.75, 3.05) is 14.2 Å². The van der Waals surface area contributed by atoms with Crippen molar-refractivity contribution < 1.29 is 42.5 Å². The van der Waals surface area contributed by atoms with Gasteiger partial charge >= 0.3 is 17.9 Å². The first-order valence-electron chi connectivity index (χ1n) is 10.5. The van der Waals surface area contributed by atoms with E-state index in [1.54, 1.807) is 24.3 Å². The highest BCUT2D eigenvalue weighted by molar-refractivity contribution is 5.87. The monoisotopic (exact) mass is 484 g/mol. The molecule has 0 aliphatic rings. The predicted molar refractivity (Wildman–Crippen MR) is 123 cm³/mol. The lowest BCUT2D eigenvalue weighted by Crippen LogP contribution is -2.32. The molecule has 0 saturated carbocycles. The zero-order valence-electron chi connectivity index (χ0n) is 19.8. The van der Waals surface area contributed by atoms with Crippen molar-refractivity contribution in [3.05, 3.63) is 52.9 Å². The second-order valence-corrected chi connectivity index (χ2v) is 7.47. The summed E-state index contributed by atoms with van der Waals surface area (Å²) >= 11 is 0. The van der Waals surface area contributed by atoms with E-state index in [9.17, 15) is 19.2 Å². The van der Waals surface area contributed by atoms with Gasteiger partial charge < -0.3 is 28.1 Å². The van der Waals surface area contributed by atoms with Crippen molar-refractivity contribution in [2.45, 2.75) is 33.0 Å². The first kappa shape index (κ1) is 25.4. The second kappa shape index (κ2) is 10.8. The van der Waals surface area contributed by atoms with E-state index < -0.39 is 30.1 Å². The summed E-state index contributed by atoms with van der Waals surface area (Å²) in [7, 11) is 2.69. The average molecular weight is 484 g/mol. The van der Waals surface area contributed by atoms with E-state index in [1.165, 1.54) is 53.4 Å². The summed E-state index contributed by atoms with van der Waals surface area (Å²) in [6.07, 6.45) is -0.785. The molecule has 0 unspecified atom stereocenters. The van der Waals surface area contributed by atoms with Crippen LogP contribution >= 0.6 is 0 Å². The van der Waals surface area contributed by atoms with Crippen LogP contribution in [0.1, 0.15) is 20.8 Å². The quantitative estimate of drug-likeness (QED) is 0.347. The Bertz CT molecular complexity index is 1310. The van der Waals surface area contributed by atoms with Gasteiger partial charge in [-0.1, -0.05) is 12.1 Å². The molecule has 1 heterocycles. The summed E-state index contributed by atoms with van der Waals surface area (Å²) in [5.41, 5.74) is 0.619. The number of rotatable bonds is 8. The molecule has 0 N–H and O–H groups in total. The van der Waals surface area contributed by atoms with Gasteiger partial charge in [0.2, 0.25) is 5.43 Å². The van der Waals surface area contributed by atoms with Crippen LogP contribution < -0.4 is 19.6 Å². The van der Waals surface area contributed by atoms with Gasteiger partial charge in [-0.25, -0.2) is 9.59 Å². The Hall–Kier alpha value is -4.18. The zero-order valence-corrected chi connectivity index (χ0v) is 19.8. The van der Waals surface area contributed by atoms with E-state index in [2.05, 4.69) is 0 Å². The molecule has 10 nitrogen and oxygen atoms in total. The molecule has 1 aromatic heterocycles. The third-order valence-corrected chi connectivity index (χ3v) is 5.01. The Morgan fingerprint density at radius 1 is 0.886 bits per heavy atom. The topological polar surface area (TPSA) is 128 Å². The SMILES string of the molecule is COc1cc2c(=O)c(-c3ccc(OC(C)=O)cc3)coc2cc1OC(=O)[C@H](C)OC(=O)[C@@H](C)OC. The Kier molecular flexibility index (Phi) is 7.87. The Balaban J connectivity index is 1.89. The van der Waals surface area contributed by atoms with Crippen molar-refractivity contribution in [1.29, 1.82) is 0 Å². The number of methoxy groups -OCH3 is 2. The lowest BCUT2D eigenvalue weighted by Gasteiger charge is -2.16. The number of esters is 3. The zero-order chi connectivity index (χ0) is 25.7. The van der Waals surface area contributed by atoms with Crippen LogP contribution in [0.2, 0.25) is 0 Å². The molecule has 0 spiro atoms. The Morgan fingerprint density at radius 3 is 2.17 bits per heavy atom. The summed E-state index contributed by atoms with van der Waals surface area (Å²) < 4.78 is 31.2. The molecule has 2 atom stereocenters. The van der Waals surface area contributed by atoms with Crippen molar-refractivity contribution >= 4 is 28.9 Å². The molecular weight excluding hydrogens is 460 g/mol. The van der Waals surface area contributed by atoms with Gasteiger partial charge in [-0.2, -0.15) is 0 Å². The van der Waals surface area contributed by atoms with Crippen LogP contribution in [0, 0.1) is 0 Å². The number of ether oxygens (including phenoxy) is 5. The minimum atomic E-state index is -1.22. The molecule has 10 heteroatoms. The van der Waals surface area contributed by atoms with Crippen LogP contribution in [-0.2, 0) is 23.9 Å². The first-order valence-corrected chi connectivity index (χ1v) is 10.5. The summed E-state index contributed by atoms with van der Waals surface area (Å²) in [6.45, 7) is 4.13. The van der Waals surface area contributed by atoms with Crippen LogP contribution in [0.15, 0.2) is 51.9 Å². The molecule has 0 aliphatic carbocycles. The van der Waals surface area contributed by atoms with Crippen LogP contribution in [0.3, 0.4) is 0 Å². The van der Waals surface area contributed by atoms with Crippen LogP contribution in [-0.4, -0.2) is 44.3 Å². The fourth-order valence-corrected chi connectivity index (χ4v) is 3.05. The van der Waals surface area contributed by atoms with Gasteiger partial charge in [0.1, 0.15) is 17.6 Å². The highest BCUT2D eigenvalue weighted by Gasteiger charge is 2.25. The lowest BCUT2D eigenvalue weighted by molar-refractivity contribution is -0.168. The van der Waals surface area contributed by atoms with Gasteiger partial charge in [0, 0.05) is 20.1 Å². The number of hydrogen-bond acceptors (Lipinski definition) is 10. The average Bonchev–Trinajstić information content (AvgIpc) is 2.83. The fourth-order valence-electron chi connectivity index (χ4n) is 3.05. The third kappa shape index (κ3) is 5.85. The van der Waals surface area contributed by atoms with Gasteiger partial charge in [-0.3, -0.25) is 9.59 Å².